The van der Waals surface area contributed by atoms with E-state index in [1.54, 1.807) is 23.6 Å². The molecule has 1 aromatic carbocycles. The van der Waals surface area contributed by atoms with Crippen LogP contribution in [0, 0.1) is 0 Å². The first kappa shape index (κ1) is 22.0. The summed E-state index contributed by atoms with van der Waals surface area (Å²) in [4.78, 5) is 19.9. The van der Waals surface area contributed by atoms with Crippen molar-refractivity contribution >= 4 is 34.1 Å². The molecule has 0 unspecified atom stereocenters. The summed E-state index contributed by atoms with van der Waals surface area (Å²) < 4.78 is 67.1. The van der Waals surface area contributed by atoms with Gasteiger partial charge in [-0.1, -0.05) is 23.9 Å². The zero-order chi connectivity index (χ0) is 21.7. The summed E-state index contributed by atoms with van der Waals surface area (Å²) in [6, 6.07) is 8.19. The summed E-state index contributed by atoms with van der Waals surface area (Å²) in [5, 5.41) is 4.63. The van der Waals surface area contributed by atoms with Crippen molar-refractivity contribution in [3.63, 3.8) is 0 Å². The Hall–Kier alpha value is -2.73. The number of para-hydroxylation sites is 1. The van der Waals surface area contributed by atoms with Gasteiger partial charge in [0.05, 0.1) is 22.0 Å². The van der Waals surface area contributed by atoms with Crippen LogP contribution in [0.4, 0.5) is 27.1 Å². The van der Waals surface area contributed by atoms with Crippen molar-refractivity contribution in [1.82, 2.24) is 9.97 Å². The largest absolute Gasteiger partial charge is 0.434 e. The lowest BCUT2D eigenvalue weighted by Gasteiger charge is -2.08. The lowest BCUT2D eigenvalue weighted by molar-refractivity contribution is -0.137. The maximum absolute atomic E-state index is 12.5. The number of pyridine rings is 1. The molecule has 0 atom stereocenters. The van der Waals surface area contributed by atoms with Gasteiger partial charge in [-0.2, -0.15) is 22.0 Å². The molecule has 0 aliphatic rings. The molecule has 0 radical (unpaired) electrons. The van der Waals surface area contributed by atoms with E-state index in [1.807, 2.05) is 0 Å². The summed E-state index contributed by atoms with van der Waals surface area (Å²) in [6.07, 6.45) is -3.78. The number of ether oxygens (including phenoxy) is 1. The van der Waals surface area contributed by atoms with Crippen LogP contribution in [0.5, 0.6) is 5.75 Å². The molecule has 0 aliphatic carbocycles. The molecule has 0 bridgehead atoms. The monoisotopic (exact) mass is 461 g/mol. The van der Waals surface area contributed by atoms with E-state index < -0.39 is 24.3 Å². The number of carbonyl (C=O) groups is 1. The van der Waals surface area contributed by atoms with Gasteiger partial charge in [-0.05, 0) is 24.3 Å². The predicted molar refractivity (Wildman–Crippen MR) is 103 cm³/mol. The Morgan fingerprint density at radius 3 is 2.63 bits per heavy atom. The topological polar surface area (TPSA) is 64.1 Å². The van der Waals surface area contributed by atoms with Crippen LogP contribution in [0.25, 0.3) is 11.3 Å². The fourth-order valence-corrected chi connectivity index (χ4v) is 3.63. The van der Waals surface area contributed by atoms with E-state index in [0.717, 1.165) is 29.2 Å². The highest BCUT2D eigenvalue weighted by atomic mass is 32.2. The number of benzene rings is 1. The van der Waals surface area contributed by atoms with Gasteiger partial charge >= 0.3 is 12.8 Å². The molecule has 0 saturated carbocycles. The SMILES string of the molecule is O=C(CSc1ccc(C(F)(F)F)cn1)Nc1nc(-c2ccccc2OC(F)F)cs1. The fourth-order valence-electron chi connectivity index (χ4n) is 2.26. The lowest BCUT2D eigenvalue weighted by atomic mass is 10.1. The number of rotatable bonds is 7. The molecule has 5 nitrogen and oxygen atoms in total. The maximum atomic E-state index is 12.5. The van der Waals surface area contributed by atoms with E-state index in [9.17, 15) is 26.7 Å². The van der Waals surface area contributed by atoms with Crippen molar-refractivity contribution in [3.05, 3.63) is 53.5 Å². The van der Waals surface area contributed by atoms with E-state index in [1.165, 1.54) is 12.1 Å². The third-order valence-electron chi connectivity index (χ3n) is 3.54. The molecule has 0 saturated heterocycles. The van der Waals surface area contributed by atoms with Crippen molar-refractivity contribution < 1.29 is 31.5 Å². The van der Waals surface area contributed by atoms with Crippen molar-refractivity contribution in [2.45, 2.75) is 17.8 Å². The van der Waals surface area contributed by atoms with Crippen LogP contribution in [-0.2, 0) is 11.0 Å². The van der Waals surface area contributed by atoms with Crippen molar-refractivity contribution in [2.24, 2.45) is 0 Å². The van der Waals surface area contributed by atoms with Gasteiger partial charge in [-0.15, -0.1) is 11.3 Å². The number of aromatic nitrogens is 2. The smallest absolute Gasteiger partial charge is 0.417 e. The molecule has 0 aliphatic heterocycles. The van der Waals surface area contributed by atoms with Crippen LogP contribution < -0.4 is 10.1 Å². The third kappa shape index (κ3) is 5.89. The van der Waals surface area contributed by atoms with E-state index in [0.29, 0.717) is 17.5 Å². The number of hydrogen-bond donors (Lipinski definition) is 1. The van der Waals surface area contributed by atoms with Crippen LogP contribution in [0.3, 0.4) is 0 Å². The maximum Gasteiger partial charge on any atom is 0.417 e. The molecular weight excluding hydrogens is 449 g/mol. The number of nitrogens with zero attached hydrogens (tertiary/aromatic N) is 2. The third-order valence-corrected chi connectivity index (χ3v) is 5.25. The molecule has 2 aromatic heterocycles. The summed E-state index contributed by atoms with van der Waals surface area (Å²) in [6.45, 7) is -2.99. The zero-order valence-electron chi connectivity index (χ0n) is 14.8. The van der Waals surface area contributed by atoms with Crippen LogP contribution in [-0.4, -0.2) is 28.2 Å². The van der Waals surface area contributed by atoms with Gasteiger partial charge in [0.2, 0.25) is 5.91 Å². The average molecular weight is 461 g/mol. The Bertz CT molecular complexity index is 1010. The van der Waals surface area contributed by atoms with Crippen molar-refractivity contribution in [2.75, 3.05) is 11.1 Å². The van der Waals surface area contributed by atoms with Crippen LogP contribution >= 0.6 is 23.1 Å². The standard InChI is InChI=1S/C18H12F5N3O2S2/c19-16(20)28-13-4-2-1-3-11(13)12-8-30-17(25-12)26-14(27)9-29-15-6-5-10(7-24-15)18(21,22)23/h1-8,16H,9H2,(H,25,26,27). The van der Waals surface area contributed by atoms with Gasteiger partial charge in [-0.25, -0.2) is 9.97 Å². The number of anilines is 1. The summed E-state index contributed by atoms with van der Waals surface area (Å²) in [7, 11) is 0. The Labute approximate surface area is 175 Å². The van der Waals surface area contributed by atoms with Gasteiger partial charge < -0.3 is 10.1 Å². The van der Waals surface area contributed by atoms with Crippen LogP contribution in [0.2, 0.25) is 0 Å². The average Bonchev–Trinajstić information content (AvgIpc) is 3.14. The molecule has 158 valence electrons. The minimum atomic E-state index is -4.48. The van der Waals surface area contributed by atoms with Gasteiger partial charge in [-0.3, -0.25) is 4.79 Å². The highest BCUT2D eigenvalue weighted by molar-refractivity contribution is 7.99. The molecule has 2 heterocycles. The number of nitrogens with one attached hydrogen (secondary N) is 1. The quantitative estimate of drug-likeness (QED) is 0.369. The number of halogens is 5. The summed E-state index contributed by atoms with van der Waals surface area (Å²) >= 11 is 2.05. The summed E-state index contributed by atoms with van der Waals surface area (Å²) in [5.74, 6) is -0.586. The molecule has 3 rings (SSSR count). The second kappa shape index (κ2) is 9.39. The van der Waals surface area contributed by atoms with Crippen LogP contribution in [0.1, 0.15) is 5.56 Å². The molecule has 0 fully saturated rings. The fraction of sp³-hybridized carbons (Fsp3) is 0.167. The highest BCUT2D eigenvalue weighted by Crippen LogP contribution is 2.33. The molecule has 12 heteroatoms. The molecule has 0 spiro atoms. The van der Waals surface area contributed by atoms with Gasteiger partial charge in [0.25, 0.3) is 0 Å². The second-order valence-electron chi connectivity index (χ2n) is 5.63. The minimum absolute atomic E-state index is 0.0420. The Kier molecular flexibility index (Phi) is 6.87. The zero-order valence-corrected chi connectivity index (χ0v) is 16.5. The Morgan fingerprint density at radius 1 is 1.20 bits per heavy atom. The highest BCUT2D eigenvalue weighted by Gasteiger charge is 2.30. The lowest BCUT2D eigenvalue weighted by Crippen LogP contribution is -2.14. The van der Waals surface area contributed by atoms with Crippen molar-refractivity contribution in [3.8, 4) is 17.0 Å². The number of hydrogen-bond acceptors (Lipinski definition) is 6. The number of alkyl halides is 5. The first-order valence-electron chi connectivity index (χ1n) is 8.18. The first-order chi connectivity index (χ1) is 14.2. The molecule has 30 heavy (non-hydrogen) atoms. The number of thiazole rings is 1. The molecule has 1 N–H and O–H groups in total. The first-order valence-corrected chi connectivity index (χ1v) is 10.0. The molecule has 3 aromatic rings. The van der Waals surface area contributed by atoms with Gasteiger partial charge in [0.1, 0.15) is 5.75 Å². The van der Waals surface area contributed by atoms with E-state index in [-0.39, 0.29) is 21.7 Å². The second-order valence-corrected chi connectivity index (χ2v) is 7.49. The molecule has 1 amide bonds. The predicted octanol–water partition coefficient (Wildman–Crippen LogP) is 5.56. The normalized spacial score (nSPS) is 11.5. The van der Waals surface area contributed by atoms with Gasteiger partial charge in [0, 0.05) is 17.1 Å². The minimum Gasteiger partial charge on any atom is -0.434 e. The van der Waals surface area contributed by atoms with E-state index in [2.05, 4.69) is 20.0 Å². The number of carbonyl (C=O) groups excluding carboxylic acids is 1. The van der Waals surface area contributed by atoms with E-state index in [4.69, 9.17) is 0 Å². The Morgan fingerprint density at radius 2 is 1.97 bits per heavy atom. The number of amides is 1. The van der Waals surface area contributed by atoms with Crippen molar-refractivity contribution in [1.29, 1.82) is 0 Å². The number of thioether (sulfide) groups is 1. The molecular formula is C18H12F5N3O2S2. The van der Waals surface area contributed by atoms with E-state index >= 15 is 0 Å². The van der Waals surface area contributed by atoms with Gasteiger partial charge in [0.15, 0.2) is 5.13 Å². The summed E-state index contributed by atoms with van der Waals surface area (Å²) in [5.41, 5.74) is -0.177. The Balaban J connectivity index is 1.59. The van der Waals surface area contributed by atoms with Crippen LogP contribution in [0.15, 0.2) is 53.0 Å².